The van der Waals surface area contributed by atoms with E-state index >= 15 is 0 Å². The molecule has 1 aromatic heterocycles. The molecule has 2 heterocycles. The third-order valence-electron chi connectivity index (χ3n) is 4.92. The van der Waals surface area contributed by atoms with Gasteiger partial charge in [-0.25, -0.2) is 18.8 Å². The number of halogens is 2. The summed E-state index contributed by atoms with van der Waals surface area (Å²) >= 11 is 1.30. The topological polar surface area (TPSA) is 102 Å². The number of aromatic nitrogens is 1. The maximum atomic E-state index is 14.5. The number of nitrogens with zero attached hydrogens (tertiary/aromatic N) is 3. The number of amidine groups is 2. The summed E-state index contributed by atoms with van der Waals surface area (Å²) < 4.78 is 27.9. The molecule has 1 aliphatic rings. The van der Waals surface area contributed by atoms with Crippen molar-refractivity contribution in [2.75, 3.05) is 18.0 Å². The lowest BCUT2D eigenvalue weighted by Crippen LogP contribution is -2.29. The third kappa shape index (κ3) is 5.61. The van der Waals surface area contributed by atoms with E-state index in [-0.39, 0.29) is 23.0 Å². The molecule has 0 unspecified atom stereocenters. The second-order valence-electron chi connectivity index (χ2n) is 7.67. The molecule has 0 aliphatic carbocycles. The van der Waals surface area contributed by atoms with Crippen LogP contribution in [0.15, 0.2) is 35.3 Å². The minimum atomic E-state index is -0.726. The van der Waals surface area contributed by atoms with Crippen molar-refractivity contribution in [1.82, 2.24) is 4.98 Å². The Kier molecular flexibility index (Phi) is 7.27. The Hall–Kier alpha value is -2.94. The maximum absolute atomic E-state index is 14.5. The Morgan fingerprint density at radius 1 is 1.19 bits per heavy atom. The first-order valence-corrected chi connectivity index (χ1v) is 11.0. The normalized spacial score (nSPS) is 15.1. The number of hydrogen-bond acceptors (Lipinski definition) is 5. The van der Waals surface area contributed by atoms with Crippen LogP contribution in [0.25, 0.3) is 11.3 Å². The van der Waals surface area contributed by atoms with Crippen molar-refractivity contribution in [2.45, 2.75) is 33.1 Å². The Morgan fingerprint density at radius 3 is 2.55 bits per heavy atom. The number of allylic oxidation sites excluding steroid dienone is 1. The van der Waals surface area contributed by atoms with Crippen molar-refractivity contribution in [2.24, 2.45) is 16.6 Å². The van der Waals surface area contributed by atoms with Gasteiger partial charge in [-0.15, -0.1) is 0 Å². The number of rotatable bonds is 6. The third-order valence-corrected chi connectivity index (χ3v) is 6.07. The summed E-state index contributed by atoms with van der Waals surface area (Å²) in [4.78, 5) is 11.2. The molecule has 4 N–H and O–H groups in total. The highest BCUT2D eigenvalue weighted by molar-refractivity contribution is 7.18. The highest BCUT2D eigenvalue weighted by Gasteiger charge is 2.22. The second-order valence-corrected chi connectivity index (χ2v) is 8.65. The van der Waals surface area contributed by atoms with Gasteiger partial charge in [0.1, 0.15) is 23.3 Å². The van der Waals surface area contributed by atoms with Gasteiger partial charge >= 0.3 is 0 Å². The quantitative estimate of drug-likeness (QED) is 0.432. The first kappa shape index (κ1) is 22.7. The van der Waals surface area contributed by atoms with Crippen LogP contribution in [-0.4, -0.2) is 35.5 Å². The fourth-order valence-electron chi connectivity index (χ4n) is 3.12. The van der Waals surface area contributed by atoms with E-state index in [1.807, 2.05) is 13.8 Å². The molecule has 6 nitrogen and oxygen atoms in total. The van der Waals surface area contributed by atoms with Crippen LogP contribution < -0.4 is 10.6 Å². The molecule has 0 amide bonds. The van der Waals surface area contributed by atoms with Crippen molar-refractivity contribution in [3.05, 3.63) is 46.9 Å². The highest BCUT2D eigenvalue weighted by Crippen LogP contribution is 2.36. The molecule has 1 aliphatic heterocycles. The van der Waals surface area contributed by atoms with Gasteiger partial charge in [0.2, 0.25) is 0 Å². The Bertz CT molecular complexity index is 1030. The number of piperidine rings is 1. The number of aliphatic imine (C=N–C) groups is 1. The monoisotopic (exact) mass is 444 g/mol. The summed E-state index contributed by atoms with van der Waals surface area (Å²) in [7, 11) is 0. The van der Waals surface area contributed by atoms with Gasteiger partial charge < -0.3 is 10.6 Å². The van der Waals surface area contributed by atoms with Crippen LogP contribution in [0.2, 0.25) is 0 Å². The molecule has 0 spiro atoms. The lowest BCUT2D eigenvalue weighted by molar-refractivity contribution is 0.576. The molecule has 3 rings (SSSR count). The molecule has 1 aromatic carbocycles. The molecule has 31 heavy (non-hydrogen) atoms. The first-order valence-electron chi connectivity index (χ1n) is 10.2. The summed E-state index contributed by atoms with van der Waals surface area (Å²) in [6.07, 6.45) is 6.08. The van der Waals surface area contributed by atoms with Gasteiger partial charge in [-0.1, -0.05) is 25.2 Å². The largest absolute Gasteiger partial charge is 0.387 e. The number of anilines is 1. The maximum Gasteiger partial charge on any atom is 0.186 e. The van der Waals surface area contributed by atoms with Crippen LogP contribution in [0, 0.1) is 28.4 Å². The molecule has 9 heteroatoms. The summed E-state index contributed by atoms with van der Waals surface area (Å²) in [6.45, 7) is 5.46. The van der Waals surface area contributed by atoms with Crippen molar-refractivity contribution in [1.29, 1.82) is 10.8 Å². The zero-order valence-corrected chi connectivity index (χ0v) is 18.4. The zero-order valence-electron chi connectivity index (χ0n) is 17.6. The Labute approximate surface area is 184 Å². The summed E-state index contributed by atoms with van der Waals surface area (Å²) in [5.41, 5.74) is 6.30. The molecule has 0 atom stereocenters. The Balaban J connectivity index is 1.96. The van der Waals surface area contributed by atoms with Crippen LogP contribution in [0.5, 0.6) is 0 Å². The molecule has 2 aromatic rings. The molecule has 0 saturated carbocycles. The number of nitrogens with one attached hydrogen (secondary N) is 2. The lowest BCUT2D eigenvalue weighted by atomic mass is 10.1. The average molecular weight is 445 g/mol. The molecular weight excluding hydrogens is 418 g/mol. The molecule has 0 radical (unpaired) electrons. The zero-order chi connectivity index (χ0) is 22.5. The molecule has 0 bridgehead atoms. The van der Waals surface area contributed by atoms with Crippen LogP contribution in [0.4, 0.5) is 13.9 Å². The van der Waals surface area contributed by atoms with E-state index in [9.17, 15) is 8.78 Å². The summed E-state index contributed by atoms with van der Waals surface area (Å²) in [6, 6.07) is 3.34. The van der Waals surface area contributed by atoms with Crippen molar-refractivity contribution >= 4 is 33.9 Å². The first-order chi connectivity index (χ1) is 14.8. The number of nitrogens with two attached hydrogens (primary N) is 1. The van der Waals surface area contributed by atoms with Crippen molar-refractivity contribution in [3.8, 4) is 11.3 Å². The van der Waals surface area contributed by atoms with E-state index in [2.05, 4.69) is 14.9 Å². The number of benzene rings is 1. The lowest BCUT2D eigenvalue weighted by Gasteiger charge is -2.25. The van der Waals surface area contributed by atoms with Gasteiger partial charge in [0, 0.05) is 30.6 Å². The average Bonchev–Trinajstić information content (AvgIpc) is 3.17. The smallest absolute Gasteiger partial charge is 0.186 e. The Morgan fingerprint density at radius 2 is 1.90 bits per heavy atom. The summed E-state index contributed by atoms with van der Waals surface area (Å²) in [5.74, 6) is -1.13. The molecule has 164 valence electrons. The van der Waals surface area contributed by atoms with Gasteiger partial charge in [-0.3, -0.25) is 10.8 Å². The minimum absolute atomic E-state index is 0.00912. The van der Waals surface area contributed by atoms with E-state index in [0.29, 0.717) is 21.5 Å². The van der Waals surface area contributed by atoms with E-state index in [0.717, 1.165) is 38.4 Å². The minimum Gasteiger partial charge on any atom is -0.387 e. The van der Waals surface area contributed by atoms with Crippen LogP contribution >= 0.6 is 11.3 Å². The molecular formula is C22H26F2N6S. The van der Waals surface area contributed by atoms with Gasteiger partial charge in [0.05, 0.1) is 16.3 Å². The SMILES string of the molecule is CC(C)C(N)=NC(=N)/C=C\C(=N)c1sc(N2CCCCC2)nc1-c1ccc(F)cc1F. The van der Waals surface area contributed by atoms with Crippen molar-refractivity contribution in [3.63, 3.8) is 0 Å². The van der Waals surface area contributed by atoms with Crippen molar-refractivity contribution < 1.29 is 8.78 Å². The standard InChI is InChI=1S/C22H26F2N6S/c1-13(2)21(27)28-18(26)9-8-17(25)20-19(15-7-6-14(23)12-16(15)24)29-22(31-20)30-10-4-3-5-11-30/h6-9,12-13,25H,3-5,10-11H2,1-2H3,(H3,26,27,28)/b9-8-,25-17?. The van der Waals surface area contributed by atoms with Gasteiger partial charge in [-0.05, 0) is 43.5 Å². The molecule has 1 saturated heterocycles. The van der Waals surface area contributed by atoms with Gasteiger partial charge in [0.25, 0.3) is 0 Å². The molecule has 1 fully saturated rings. The number of thiazole rings is 1. The van der Waals surface area contributed by atoms with E-state index in [4.69, 9.17) is 16.6 Å². The van der Waals surface area contributed by atoms with Crippen LogP contribution in [-0.2, 0) is 0 Å². The van der Waals surface area contributed by atoms with Crippen LogP contribution in [0.1, 0.15) is 38.0 Å². The van der Waals surface area contributed by atoms with E-state index in [1.54, 1.807) is 0 Å². The predicted molar refractivity (Wildman–Crippen MR) is 124 cm³/mol. The highest BCUT2D eigenvalue weighted by atomic mass is 32.1. The fraction of sp³-hybridized carbons (Fsp3) is 0.364. The van der Waals surface area contributed by atoms with Crippen LogP contribution in [0.3, 0.4) is 0 Å². The predicted octanol–water partition coefficient (Wildman–Crippen LogP) is 4.99. The van der Waals surface area contributed by atoms with E-state index < -0.39 is 11.6 Å². The van der Waals surface area contributed by atoms with E-state index in [1.165, 1.54) is 35.6 Å². The summed E-state index contributed by atoms with van der Waals surface area (Å²) in [5, 5.41) is 17.2. The second kappa shape index (κ2) is 9.91. The van der Waals surface area contributed by atoms with Gasteiger partial charge in [0.15, 0.2) is 5.13 Å². The van der Waals surface area contributed by atoms with Gasteiger partial charge in [-0.2, -0.15) is 0 Å². The fourth-order valence-corrected chi connectivity index (χ4v) is 4.18. The number of hydrogen-bond donors (Lipinski definition) is 3.